The number of benzene rings is 1. The lowest BCUT2D eigenvalue weighted by atomic mass is 10.0. The smallest absolute Gasteiger partial charge is 0.153 e. The number of rotatable bonds is 5. The van der Waals surface area contributed by atoms with Gasteiger partial charge in [-0.05, 0) is 19.9 Å². The fourth-order valence-corrected chi connectivity index (χ4v) is 2.36. The molecule has 1 aromatic carbocycles. The highest BCUT2D eigenvalue weighted by molar-refractivity contribution is 5.81. The van der Waals surface area contributed by atoms with E-state index in [2.05, 4.69) is 30.0 Å². The number of ether oxygens (including phenoxy) is 1. The molecule has 104 valence electrons. The van der Waals surface area contributed by atoms with E-state index in [0.29, 0.717) is 25.1 Å². The molecule has 1 aromatic rings. The van der Waals surface area contributed by atoms with Crippen molar-refractivity contribution in [3.05, 3.63) is 29.8 Å². The molecule has 1 unspecified atom stereocenters. The van der Waals surface area contributed by atoms with Crippen molar-refractivity contribution < 1.29 is 9.94 Å². The summed E-state index contributed by atoms with van der Waals surface area (Å²) in [5.74, 6) is 1.55. The highest BCUT2D eigenvalue weighted by Crippen LogP contribution is 2.34. The summed E-state index contributed by atoms with van der Waals surface area (Å²) >= 11 is 0. The molecule has 5 heteroatoms. The van der Waals surface area contributed by atoms with Crippen LogP contribution < -0.4 is 10.5 Å². The maximum atomic E-state index is 8.70. The van der Waals surface area contributed by atoms with E-state index in [4.69, 9.17) is 15.7 Å². The van der Waals surface area contributed by atoms with Crippen molar-refractivity contribution in [3.8, 4) is 5.75 Å². The first kappa shape index (κ1) is 13.7. The van der Waals surface area contributed by atoms with E-state index in [0.717, 1.165) is 12.3 Å². The van der Waals surface area contributed by atoms with Crippen LogP contribution in [0.25, 0.3) is 0 Å². The zero-order chi connectivity index (χ0) is 13.8. The Balaban J connectivity index is 2.07. The molecule has 19 heavy (non-hydrogen) atoms. The molecule has 2 rings (SSSR count). The van der Waals surface area contributed by atoms with Gasteiger partial charge < -0.3 is 15.7 Å². The van der Waals surface area contributed by atoms with Crippen molar-refractivity contribution in [3.63, 3.8) is 0 Å². The first-order valence-electron chi connectivity index (χ1n) is 6.54. The largest absolute Gasteiger partial charge is 0.493 e. The maximum absolute atomic E-state index is 8.70. The van der Waals surface area contributed by atoms with Crippen LogP contribution >= 0.6 is 0 Å². The zero-order valence-electron chi connectivity index (χ0n) is 11.4. The van der Waals surface area contributed by atoms with Crippen LogP contribution in [0.4, 0.5) is 0 Å². The second-order valence-corrected chi connectivity index (χ2v) is 5.16. The molecule has 0 radical (unpaired) electrons. The first-order valence-corrected chi connectivity index (χ1v) is 6.54. The number of para-hydroxylation sites is 1. The van der Waals surface area contributed by atoms with E-state index in [1.165, 1.54) is 5.56 Å². The third-order valence-corrected chi connectivity index (χ3v) is 3.48. The van der Waals surface area contributed by atoms with Gasteiger partial charge in [0.15, 0.2) is 5.84 Å². The Morgan fingerprint density at radius 1 is 1.53 bits per heavy atom. The lowest BCUT2D eigenvalue weighted by molar-refractivity contribution is 0.214. The van der Waals surface area contributed by atoms with Gasteiger partial charge >= 0.3 is 0 Å². The standard InChI is InChI=1S/C14H21N3O2/c1-10(2)17(8-14(15)16-18)7-11-9-19-13-6-4-3-5-12(11)13/h3-6,10-11,18H,7-9H2,1-2H3,(H2,15,16). The van der Waals surface area contributed by atoms with Gasteiger partial charge in [-0.1, -0.05) is 23.4 Å². The lowest BCUT2D eigenvalue weighted by Gasteiger charge is -2.28. The normalized spacial score (nSPS) is 18.7. The molecule has 0 fully saturated rings. The van der Waals surface area contributed by atoms with E-state index in [1.54, 1.807) is 0 Å². The quantitative estimate of drug-likeness (QED) is 0.366. The minimum Gasteiger partial charge on any atom is -0.493 e. The van der Waals surface area contributed by atoms with Crippen LogP contribution in [-0.2, 0) is 0 Å². The van der Waals surface area contributed by atoms with Gasteiger partial charge in [0.1, 0.15) is 5.75 Å². The second kappa shape index (κ2) is 5.93. The highest BCUT2D eigenvalue weighted by Gasteiger charge is 2.26. The summed E-state index contributed by atoms with van der Waals surface area (Å²) in [5.41, 5.74) is 6.85. The van der Waals surface area contributed by atoms with Gasteiger partial charge in [0, 0.05) is 24.1 Å². The maximum Gasteiger partial charge on any atom is 0.153 e. The first-order chi connectivity index (χ1) is 9.11. The van der Waals surface area contributed by atoms with Gasteiger partial charge in [-0.2, -0.15) is 0 Å². The number of oxime groups is 1. The average molecular weight is 263 g/mol. The summed E-state index contributed by atoms with van der Waals surface area (Å²) in [6.07, 6.45) is 0. The van der Waals surface area contributed by atoms with Gasteiger partial charge in [-0.15, -0.1) is 0 Å². The van der Waals surface area contributed by atoms with Crippen molar-refractivity contribution in [1.82, 2.24) is 4.90 Å². The summed E-state index contributed by atoms with van der Waals surface area (Å²) in [5, 5.41) is 11.7. The van der Waals surface area contributed by atoms with Crippen molar-refractivity contribution in [2.75, 3.05) is 19.7 Å². The fourth-order valence-electron chi connectivity index (χ4n) is 2.36. The number of hydrogen-bond acceptors (Lipinski definition) is 4. The van der Waals surface area contributed by atoms with E-state index >= 15 is 0 Å². The van der Waals surface area contributed by atoms with Crippen molar-refractivity contribution in [1.29, 1.82) is 0 Å². The highest BCUT2D eigenvalue weighted by atomic mass is 16.5. The van der Waals surface area contributed by atoms with E-state index in [1.807, 2.05) is 18.2 Å². The summed E-state index contributed by atoms with van der Waals surface area (Å²) in [7, 11) is 0. The zero-order valence-corrected chi connectivity index (χ0v) is 11.4. The third-order valence-electron chi connectivity index (χ3n) is 3.48. The Bertz CT molecular complexity index is 460. The molecule has 3 N–H and O–H groups in total. The van der Waals surface area contributed by atoms with Crippen LogP contribution in [0, 0.1) is 0 Å². The topological polar surface area (TPSA) is 71.1 Å². The van der Waals surface area contributed by atoms with Gasteiger partial charge in [0.2, 0.25) is 0 Å². The summed E-state index contributed by atoms with van der Waals surface area (Å²) in [6.45, 7) is 6.20. The third kappa shape index (κ3) is 3.17. The average Bonchev–Trinajstić information content (AvgIpc) is 2.81. The predicted molar refractivity (Wildman–Crippen MR) is 74.8 cm³/mol. The van der Waals surface area contributed by atoms with Gasteiger partial charge in [-0.25, -0.2) is 0 Å². The molecule has 0 saturated heterocycles. The molecular weight excluding hydrogens is 242 g/mol. The minimum absolute atomic E-state index is 0.237. The molecule has 0 saturated carbocycles. The molecule has 1 heterocycles. The predicted octanol–water partition coefficient (Wildman–Crippen LogP) is 1.62. The summed E-state index contributed by atoms with van der Waals surface area (Å²) < 4.78 is 5.69. The van der Waals surface area contributed by atoms with Crippen LogP contribution in [0.3, 0.4) is 0 Å². The van der Waals surface area contributed by atoms with Gasteiger partial charge in [-0.3, -0.25) is 4.90 Å². The minimum atomic E-state index is 0.237. The molecule has 5 nitrogen and oxygen atoms in total. The van der Waals surface area contributed by atoms with Crippen molar-refractivity contribution in [2.24, 2.45) is 10.9 Å². The van der Waals surface area contributed by atoms with Gasteiger partial charge in [0.05, 0.1) is 13.2 Å². The second-order valence-electron chi connectivity index (χ2n) is 5.16. The molecule has 1 atom stereocenters. The number of hydrogen-bond donors (Lipinski definition) is 2. The van der Waals surface area contributed by atoms with Crippen LogP contribution in [-0.4, -0.2) is 41.7 Å². The van der Waals surface area contributed by atoms with E-state index in [-0.39, 0.29) is 5.84 Å². The molecule has 0 amide bonds. The molecule has 0 spiro atoms. The van der Waals surface area contributed by atoms with Crippen LogP contribution in [0.2, 0.25) is 0 Å². The molecule has 1 aliphatic rings. The van der Waals surface area contributed by atoms with E-state index in [9.17, 15) is 0 Å². The van der Waals surface area contributed by atoms with E-state index < -0.39 is 0 Å². The molecule has 0 aromatic heterocycles. The Morgan fingerprint density at radius 3 is 2.95 bits per heavy atom. The summed E-state index contributed by atoms with van der Waals surface area (Å²) in [4.78, 5) is 2.19. The number of nitrogens with zero attached hydrogens (tertiary/aromatic N) is 2. The molecule has 0 bridgehead atoms. The van der Waals surface area contributed by atoms with Crippen molar-refractivity contribution in [2.45, 2.75) is 25.8 Å². The lowest BCUT2D eigenvalue weighted by Crippen LogP contribution is -2.41. The Kier molecular flexibility index (Phi) is 4.27. The molecular formula is C14H21N3O2. The van der Waals surface area contributed by atoms with Crippen LogP contribution in [0.5, 0.6) is 5.75 Å². The Labute approximate surface area is 113 Å². The monoisotopic (exact) mass is 263 g/mol. The fraction of sp³-hybridized carbons (Fsp3) is 0.500. The molecule has 1 aliphatic heterocycles. The number of fused-ring (bicyclic) bond motifs is 1. The molecule has 0 aliphatic carbocycles. The number of amidine groups is 1. The Hall–Kier alpha value is -1.75. The van der Waals surface area contributed by atoms with Crippen LogP contribution in [0.15, 0.2) is 29.4 Å². The summed E-state index contributed by atoms with van der Waals surface area (Å²) in [6, 6.07) is 8.45. The van der Waals surface area contributed by atoms with Gasteiger partial charge in [0.25, 0.3) is 0 Å². The SMILES string of the molecule is CC(C)N(CC(N)=NO)CC1COc2ccccc21. The van der Waals surface area contributed by atoms with Crippen LogP contribution in [0.1, 0.15) is 25.3 Å². The number of nitrogens with two attached hydrogens (primary N) is 1. The van der Waals surface area contributed by atoms with Crippen molar-refractivity contribution >= 4 is 5.84 Å². The Morgan fingerprint density at radius 2 is 2.26 bits per heavy atom.